The largest absolute Gasteiger partial charge is 0.382 e. The first-order chi connectivity index (χ1) is 8.56. The van der Waals surface area contributed by atoms with E-state index >= 15 is 0 Å². The molecule has 1 heterocycles. The van der Waals surface area contributed by atoms with Crippen molar-refractivity contribution in [3.63, 3.8) is 0 Å². The highest BCUT2D eigenvalue weighted by atomic mass is 15.2. The van der Waals surface area contributed by atoms with Gasteiger partial charge in [0.1, 0.15) is 11.5 Å². The number of nitrogen functional groups attached to an aromatic ring is 1. The molecule has 0 bridgehead atoms. The summed E-state index contributed by atoms with van der Waals surface area (Å²) in [5, 5.41) is 7.34. The molecule has 0 aromatic carbocycles. The van der Waals surface area contributed by atoms with E-state index in [4.69, 9.17) is 11.1 Å². The smallest absolute Gasteiger partial charge is 0.141 e. The molecule has 0 unspecified atom stereocenters. The Balaban J connectivity index is 2.75. The van der Waals surface area contributed by atoms with E-state index in [1.807, 2.05) is 18.3 Å². The number of nitrogens with zero attached hydrogens (tertiary/aromatic N) is 2. The molecular weight excluding hydrogens is 224 g/mol. The van der Waals surface area contributed by atoms with E-state index < -0.39 is 0 Å². The van der Waals surface area contributed by atoms with E-state index in [1.165, 1.54) is 19.3 Å². The summed E-state index contributed by atoms with van der Waals surface area (Å²) in [6.45, 7) is 7.63. The second kappa shape index (κ2) is 6.99. The molecule has 0 aliphatic heterocycles. The van der Waals surface area contributed by atoms with Gasteiger partial charge in [0.25, 0.3) is 0 Å². The second-order valence-electron chi connectivity index (χ2n) is 4.81. The molecule has 1 aromatic heterocycles. The van der Waals surface area contributed by atoms with Crippen LogP contribution in [0, 0.1) is 5.41 Å². The van der Waals surface area contributed by atoms with Crippen LogP contribution in [0.4, 0.5) is 5.69 Å². The van der Waals surface area contributed by atoms with Gasteiger partial charge < -0.3 is 10.6 Å². The number of nitrogens with two attached hydrogens (primary N) is 1. The van der Waals surface area contributed by atoms with Crippen molar-refractivity contribution in [1.29, 1.82) is 5.41 Å². The summed E-state index contributed by atoms with van der Waals surface area (Å²) in [4.78, 5) is 6.56. The Morgan fingerprint density at radius 1 is 1.39 bits per heavy atom. The highest BCUT2D eigenvalue weighted by Gasteiger charge is 2.10. The highest BCUT2D eigenvalue weighted by Crippen LogP contribution is 2.17. The Morgan fingerprint density at radius 2 is 2.11 bits per heavy atom. The van der Waals surface area contributed by atoms with Gasteiger partial charge in [-0.3, -0.25) is 10.4 Å². The maximum atomic E-state index is 7.34. The predicted molar refractivity (Wildman–Crippen MR) is 77.3 cm³/mol. The van der Waals surface area contributed by atoms with Crippen molar-refractivity contribution in [2.75, 3.05) is 11.4 Å². The van der Waals surface area contributed by atoms with E-state index in [2.05, 4.69) is 30.7 Å². The van der Waals surface area contributed by atoms with E-state index in [0.717, 1.165) is 12.2 Å². The standard InChI is InChI=1S/C14H24N4/c1-4-5-6-9-18(11(2)3)12-7-8-13(14(15)16)17-10-12/h7-8,10-11H,4-6,9H2,1-3H3,(H3,15,16). The molecule has 0 spiro atoms. The van der Waals surface area contributed by atoms with Gasteiger partial charge in [0, 0.05) is 12.6 Å². The van der Waals surface area contributed by atoms with Gasteiger partial charge in [-0.05, 0) is 32.4 Å². The van der Waals surface area contributed by atoms with Crippen LogP contribution in [-0.4, -0.2) is 23.4 Å². The molecule has 18 heavy (non-hydrogen) atoms. The van der Waals surface area contributed by atoms with E-state index in [9.17, 15) is 0 Å². The zero-order valence-electron chi connectivity index (χ0n) is 11.6. The van der Waals surface area contributed by atoms with E-state index in [-0.39, 0.29) is 5.84 Å². The topological polar surface area (TPSA) is 66.0 Å². The molecule has 4 nitrogen and oxygen atoms in total. The molecule has 0 saturated heterocycles. The van der Waals surface area contributed by atoms with Gasteiger partial charge in [0.05, 0.1) is 11.9 Å². The minimum Gasteiger partial charge on any atom is -0.382 e. The van der Waals surface area contributed by atoms with Crippen molar-refractivity contribution < 1.29 is 0 Å². The summed E-state index contributed by atoms with van der Waals surface area (Å²) < 4.78 is 0. The third-order valence-electron chi connectivity index (χ3n) is 2.98. The summed E-state index contributed by atoms with van der Waals surface area (Å²) in [6, 6.07) is 4.26. The lowest BCUT2D eigenvalue weighted by molar-refractivity contribution is 0.625. The summed E-state index contributed by atoms with van der Waals surface area (Å²) in [5.74, 6) is 0.0172. The average molecular weight is 248 g/mol. The zero-order valence-corrected chi connectivity index (χ0v) is 11.6. The first-order valence-corrected chi connectivity index (χ1v) is 6.63. The minimum absolute atomic E-state index is 0.0172. The number of anilines is 1. The fraction of sp³-hybridized carbons (Fsp3) is 0.571. The number of nitrogens with one attached hydrogen (secondary N) is 1. The average Bonchev–Trinajstić information content (AvgIpc) is 2.34. The van der Waals surface area contributed by atoms with Crippen molar-refractivity contribution in [2.45, 2.75) is 46.1 Å². The third kappa shape index (κ3) is 4.02. The van der Waals surface area contributed by atoms with Crippen LogP contribution < -0.4 is 10.6 Å². The van der Waals surface area contributed by atoms with Gasteiger partial charge in [-0.15, -0.1) is 0 Å². The summed E-state index contributed by atoms with van der Waals surface area (Å²) in [7, 11) is 0. The number of hydrogen-bond donors (Lipinski definition) is 2. The Bertz CT molecular complexity index is 370. The molecule has 1 rings (SSSR count). The minimum atomic E-state index is 0.0172. The molecule has 0 fully saturated rings. The van der Waals surface area contributed by atoms with Crippen LogP contribution in [0.15, 0.2) is 18.3 Å². The SMILES string of the molecule is CCCCCN(c1ccc(C(=N)N)nc1)C(C)C. The van der Waals surface area contributed by atoms with Crippen molar-refractivity contribution in [3.05, 3.63) is 24.0 Å². The van der Waals surface area contributed by atoms with Crippen molar-refractivity contribution in [1.82, 2.24) is 4.98 Å². The molecule has 0 amide bonds. The lowest BCUT2D eigenvalue weighted by Gasteiger charge is -2.28. The van der Waals surface area contributed by atoms with E-state index in [0.29, 0.717) is 11.7 Å². The van der Waals surface area contributed by atoms with Crippen LogP contribution in [-0.2, 0) is 0 Å². The van der Waals surface area contributed by atoms with Crippen LogP contribution in [0.2, 0.25) is 0 Å². The van der Waals surface area contributed by atoms with Gasteiger partial charge in [0.15, 0.2) is 0 Å². The Kier molecular flexibility index (Phi) is 5.62. The molecule has 100 valence electrons. The third-order valence-corrected chi connectivity index (χ3v) is 2.98. The molecule has 0 radical (unpaired) electrons. The summed E-state index contributed by atoms with van der Waals surface area (Å²) in [6.07, 6.45) is 5.49. The van der Waals surface area contributed by atoms with Crippen molar-refractivity contribution in [3.8, 4) is 0 Å². The number of aromatic nitrogens is 1. The first-order valence-electron chi connectivity index (χ1n) is 6.63. The van der Waals surface area contributed by atoms with Crippen LogP contribution in [0.1, 0.15) is 45.7 Å². The normalized spacial score (nSPS) is 10.7. The number of hydrogen-bond acceptors (Lipinski definition) is 3. The van der Waals surface area contributed by atoms with Crippen LogP contribution >= 0.6 is 0 Å². The quantitative estimate of drug-likeness (QED) is 0.443. The first kappa shape index (κ1) is 14.5. The number of pyridine rings is 1. The Morgan fingerprint density at radius 3 is 2.56 bits per heavy atom. The lowest BCUT2D eigenvalue weighted by Crippen LogP contribution is -2.32. The van der Waals surface area contributed by atoms with Gasteiger partial charge in [-0.1, -0.05) is 19.8 Å². The van der Waals surface area contributed by atoms with Crippen LogP contribution in [0.25, 0.3) is 0 Å². The summed E-state index contributed by atoms with van der Waals surface area (Å²) in [5.41, 5.74) is 7.05. The van der Waals surface area contributed by atoms with Crippen LogP contribution in [0.3, 0.4) is 0 Å². The van der Waals surface area contributed by atoms with Gasteiger partial charge in [-0.2, -0.15) is 0 Å². The van der Waals surface area contributed by atoms with E-state index in [1.54, 1.807) is 0 Å². The molecule has 0 aliphatic carbocycles. The number of amidine groups is 1. The number of rotatable bonds is 7. The molecule has 0 atom stereocenters. The molecule has 1 aromatic rings. The molecule has 3 N–H and O–H groups in total. The lowest BCUT2D eigenvalue weighted by atomic mass is 10.2. The van der Waals surface area contributed by atoms with Gasteiger partial charge in [-0.25, -0.2) is 0 Å². The highest BCUT2D eigenvalue weighted by molar-refractivity contribution is 5.93. The fourth-order valence-electron chi connectivity index (χ4n) is 1.93. The molecule has 4 heteroatoms. The predicted octanol–water partition coefficient (Wildman–Crippen LogP) is 2.77. The van der Waals surface area contributed by atoms with Crippen molar-refractivity contribution >= 4 is 11.5 Å². The maximum absolute atomic E-state index is 7.34. The van der Waals surface area contributed by atoms with Gasteiger partial charge >= 0.3 is 0 Å². The summed E-state index contributed by atoms with van der Waals surface area (Å²) >= 11 is 0. The zero-order chi connectivity index (χ0) is 13.5. The molecule has 0 saturated carbocycles. The number of unbranched alkanes of at least 4 members (excludes halogenated alkanes) is 2. The van der Waals surface area contributed by atoms with Crippen LogP contribution in [0.5, 0.6) is 0 Å². The molecular formula is C14H24N4. The Hall–Kier alpha value is -1.58. The molecule has 0 aliphatic rings. The van der Waals surface area contributed by atoms with Crippen molar-refractivity contribution in [2.24, 2.45) is 5.73 Å². The maximum Gasteiger partial charge on any atom is 0.141 e. The fourth-order valence-corrected chi connectivity index (χ4v) is 1.93. The monoisotopic (exact) mass is 248 g/mol. The van der Waals surface area contributed by atoms with Gasteiger partial charge in [0.2, 0.25) is 0 Å². The second-order valence-corrected chi connectivity index (χ2v) is 4.81. The Labute approximate surface area is 110 Å².